The van der Waals surface area contributed by atoms with Gasteiger partial charge in [0.15, 0.2) is 0 Å². The number of alkyl halides is 2. The van der Waals surface area contributed by atoms with E-state index < -0.39 is 13.0 Å². The summed E-state index contributed by atoms with van der Waals surface area (Å²) in [4.78, 5) is 10.9. The predicted octanol–water partition coefficient (Wildman–Crippen LogP) is 1.15. The van der Waals surface area contributed by atoms with Crippen molar-refractivity contribution in [2.24, 2.45) is 0 Å². The maximum atomic E-state index is 11.7. The van der Waals surface area contributed by atoms with Gasteiger partial charge >= 0.3 is 0 Å². The van der Waals surface area contributed by atoms with Gasteiger partial charge in [-0.3, -0.25) is 4.79 Å². The molecule has 0 aromatic carbocycles. The number of hydrogen-bond donors (Lipinski definition) is 2. The van der Waals surface area contributed by atoms with E-state index in [-0.39, 0.29) is 17.9 Å². The lowest BCUT2D eigenvalue weighted by molar-refractivity contribution is -0.121. The van der Waals surface area contributed by atoms with Crippen LogP contribution < -0.4 is 10.6 Å². The molecule has 0 rings (SSSR count). The van der Waals surface area contributed by atoms with E-state index in [4.69, 9.17) is 0 Å². The van der Waals surface area contributed by atoms with E-state index >= 15 is 0 Å². The SMILES string of the molecule is CC(C)(C)NCCC(=O)NCC(F)F. The molecule has 1 amide bonds. The molecular formula is C9H18F2N2O. The Kier molecular flexibility index (Phi) is 5.60. The quantitative estimate of drug-likeness (QED) is 0.711. The minimum Gasteiger partial charge on any atom is -0.350 e. The third-order valence-corrected chi connectivity index (χ3v) is 1.46. The minimum atomic E-state index is -2.48. The van der Waals surface area contributed by atoms with Gasteiger partial charge < -0.3 is 10.6 Å². The molecule has 84 valence electrons. The van der Waals surface area contributed by atoms with Gasteiger partial charge in [0.2, 0.25) is 5.91 Å². The fourth-order valence-electron chi connectivity index (χ4n) is 0.830. The second kappa shape index (κ2) is 5.90. The molecule has 0 atom stereocenters. The summed E-state index contributed by atoms with van der Waals surface area (Å²) in [6.45, 7) is 5.87. The molecule has 5 heteroatoms. The van der Waals surface area contributed by atoms with Crippen LogP contribution in [0.25, 0.3) is 0 Å². The second-order valence-corrected chi connectivity index (χ2v) is 4.12. The first-order valence-corrected chi connectivity index (χ1v) is 4.61. The summed E-state index contributed by atoms with van der Waals surface area (Å²) in [5.41, 5.74) is -0.0526. The van der Waals surface area contributed by atoms with Gasteiger partial charge in [-0.15, -0.1) is 0 Å². The Labute approximate surface area is 83.3 Å². The van der Waals surface area contributed by atoms with Crippen molar-refractivity contribution < 1.29 is 13.6 Å². The van der Waals surface area contributed by atoms with Crippen molar-refractivity contribution in [1.82, 2.24) is 10.6 Å². The van der Waals surface area contributed by atoms with Crippen molar-refractivity contribution >= 4 is 5.91 Å². The molecule has 0 unspecified atom stereocenters. The van der Waals surface area contributed by atoms with Crippen LogP contribution in [0, 0.1) is 0 Å². The van der Waals surface area contributed by atoms with E-state index in [1.165, 1.54) is 0 Å². The Morgan fingerprint density at radius 1 is 1.36 bits per heavy atom. The Hall–Kier alpha value is -0.710. The second-order valence-electron chi connectivity index (χ2n) is 4.12. The molecule has 0 aliphatic heterocycles. The van der Waals surface area contributed by atoms with Crippen LogP contribution in [0.4, 0.5) is 8.78 Å². The Morgan fingerprint density at radius 2 is 1.93 bits per heavy atom. The van der Waals surface area contributed by atoms with Gasteiger partial charge in [0.05, 0.1) is 6.54 Å². The number of rotatable bonds is 5. The summed E-state index contributed by atoms with van der Waals surface area (Å²) in [6, 6.07) is 0. The minimum absolute atomic E-state index is 0.0526. The predicted molar refractivity (Wildman–Crippen MR) is 51.4 cm³/mol. The van der Waals surface area contributed by atoms with Crippen molar-refractivity contribution in [3.8, 4) is 0 Å². The molecule has 0 radical (unpaired) electrons. The molecule has 0 aliphatic rings. The lowest BCUT2D eigenvalue weighted by atomic mass is 10.1. The van der Waals surface area contributed by atoms with E-state index in [1.54, 1.807) is 0 Å². The molecule has 0 bridgehead atoms. The summed E-state index contributed by atoms with van der Waals surface area (Å²) in [5, 5.41) is 5.23. The Morgan fingerprint density at radius 3 is 2.36 bits per heavy atom. The molecule has 0 aromatic rings. The standard InChI is InChI=1S/C9H18F2N2O/c1-9(2,3)13-5-4-8(14)12-6-7(10)11/h7,13H,4-6H2,1-3H3,(H,12,14). The van der Waals surface area contributed by atoms with Gasteiger partial charge in [-0.05, 0) is 20.8 Å². The van der Waals surface area contributed by atoms with E-state index in [1.807, 2.05) is 20.8 Å². The fraction of sp³-hybridized carbons (Fsp3) is 0.889. The van der Waals surface area contributed by atoms with E-state index in [2.05, 4.69) is 10.6 Å². The van der Waals surface area contributed by atoms with Crippen molar-refractivity contribution in [3.05, 3.63) is 0 Å². The zero-order chi connectivity index (χ0) is 11.2. The first-order valence-electron chi connectivity index (χ1n) is 4.61. The third kappa shape index (κ3) is 9.38. The molecule has 0 fully saturated rings. The Balaban J connectivity index is 3.46. The molecule has 3 nitrogen and oxygen atoms in total. The highest BCUT2D eigenvalue weighted by Gasteiger charge is 2.10. The molecule has 0 saturated heterocycles. The zero-order valence-corrected chi connectivity index (χ0v) is 8.86. The average molecular weight is 208 g/mol. The van der Waals surface area contributed by atoms with Crippen LogP contribution in [0.5, 0.6) is 0 Å². The lowest BCUT2D eigenvalue weighted by Gasteiger charge is -2.20. The first kappa shape index (κ1) is 13.3. The van der Waals surface area contributed by atoms with Gasteiger partial charge in [-0.1, -0.05) is 0 Å². The maximum absolute atomic E-state index is 11.7. The zero-order valence-electron chi connectivity index (χ0n) is 8.86. The van der Waals surface area contributed by atoms with Crippen LogP contribution in [0.2, 0.25) is 0 Å². The highest BCUT2D eigenvalue weighted by Crippen LogP contribution is 1.97. The van der Waals surface area contributed by atoms with Crippen molar-refractivity contribution in [1.29, 1.82) is 0 Å². The number of nitrogens with one attached hydrogen (secondary N) is 2. The highest BCUT2D eigenvalue weighted by atomic mass is 19.3. The van der Waals surface area contributed by atoms with Gasteiger partial charge in [0.25, 0.3) is 6.43 Å². The van der Waals surface area contributed by atoms with Crippen molar-refractivity contribution in [3.63, 3.8) is 0 Å². The smallest absolute Gasteiger partial charge is 0.255 e. The van der Waals surface area contributed by atoms with Crippen molar-refractivity contribution in [2.75, 3.05) is 13.1 Å². The van der Waals surface area contributed by atoms with Crippen LogP contribution in [0.15, 0.2) is 0 Å². The monoisotopic (exact) mass is 208 g/mol. The summed E-state index contributed by atoms with van der Waals surface area (Å²) in [5.74, 6) is -0.345. The van der Waals surface area contributed by atoms with Gasteiger partial charge in [-0.2, -0.15) is 0 Å². The summed E-state index contributed by atoms with van der Waals surface area (Å²) < 4.78 is 23.4. The molecule has 0 saturated carbocycles. The number of carbonyl (C=O) groups is 1. The molecule has 2 N–H and O–H groups in total. The molecule has 14 heavy (non-hydrogen) atoms. The number of carbonyl (C=O) groups excluding carboxylic acids is 1. The normalized spacial score (nSPS) is 11.9. The van der Waals surface area contributed by atoms with Gasteiger partial charge in [0, 0.05) is 18.5 Å². The largest absolute Gasteiger partial charge is 0.350 e. The fourth-order valence-corrected chi connectivity index (χ4v) is 0.830. The highest BCUT2D eigenvalue weighted by molar-refractivity contribution is 5.76. The first-order chi connectivity index (χ1) is 6.31. The molecule has 0 heterocycles. The molecular weight excluding hydrogens is 190 g/mol. The molecule has 0 spiro atoms. The number of hydrogen-bond acceptors (Lipinski definition) is 2. The molecule has 0 aliphatic carbocycles. The van der Waals surface area contributed by atoms with E-state index in [0.717, 1.165) is 0 Å². The topological polar surface area (TPSA) is 41.1 Å². The maximum Gasteiger partial charge on any atom is 0.255 e. The van der Waals surface area contributed by atoms with Crippen LogP contribution >= 0.6 is 0 Å². The van der Waals surface area contributed by atoms with Crippen molar-refractivity contribution in [2.45, 2.75) is 39.2 Å². The van der Waals surface area contributed by atoms with E-state index in [9.17, 15) is 13.6 Å². The molecule has 0 aromatic heterocycles. The third-order valence-electron chi connectivity index (χ3n) is 1.46. The van der Waals surface area contributed by atoms with Crippen LogP contribution in [-0.4, -0.2) is 31.0 Å². The lowest BCUT2D eigenvalue weighted by Crippen LogP contribution is -2.39. The summed E-state index contributed by atoms with van der Waals surface area (Å²) >= 11 is 0. The average Bonchev–Trinajstić information content (AvgIpc) is 1.98. The number of amides is 1. The van der Waals surface area contributed by atoms with Gasteiger partial charge in [0.1, 0.15) is 0 Å². The van der Waals surface area contributed by atoms with Crippen LogP contribution in [-0.2, 0) is 4.79 Å². The van der Waals surface area contributed by atoms with Gasteiger partial charge in [-0.25, -0.2) is 8.78 Å². The Bertz CT molecular complexity index is 178. The van der Waals surface area contributed by atoms with E-state index in [0.29, 0.717) is 6.54 Å². The number of halogens is 2. The van der Waals surface area contributed by atoms with Crippen LogP contribution in [0.1, 0.15) is 27.2 Å². The summed E-state index contributed by atoms with van der Waals surface area (Å²) in [7, 11) is 0. The van der Waals surface area contributed by atoms with Crippen LogP contribution in [0.3, 0.4) is 0 Å². The summed E-state index contributed by atoms with van der Waals surface area (Å²) in [6.07, 6.45) is -2.25.